The van der Waals surface area contributed by atoms with E-state index in [1.807, 2.05) is 6.07 Å². The molecule has 1 heterocycles. The Balaban J connectivity index is 1.65. The third-order valence-corrected chi connectivity index (χ3v) is 2.86. The maximum atomic E-state index is 3.91. The van der Waals surface area contributed by atoms with Gasteiger partial charge in [0.1, 0.15) is 5.82 Å². The van der Waals surface area contributed by atoms with Gasteiger partial charge >= 0.3 is 0 Å². The van der Waals surface area contributed by atoms with E-state index in [2.05, 4.69) is 45.8 Å². The Labute approximate surface area is 88.5 Å². The molecule has 2 aromatic rings. The van der Waals surface area contributed by atoms with E-state index in [-0.39, 0.29) is 0 Å². The smallest absolute Gasteiger partial charge is 0.121 e. The van der Waals surface area contributed by atoms with Gasteiger partial charge in [0.05, 0.1) is 6.20 Å². The van der Waals surface area contributed by atoms with E-state index < -0.39 is 0 Å². The third kappa shape index (κ3) is 1.73. The molecule has 1 aromatic heterocycles. The average molecular weight is 199 g/mol. The minimum absolute atomic E-state index is 0.563. The highest BCUT2D eigenvalue weighted by Gasteiger charge is 2.38. The van der Waals surface area contributed by atoms with Gasteiger partial charge in [-0.15, -0.1) is 0 Å². The van der Waals surface area contributed by atoms with Crippen molar-refractivity contribution in [3.63, 3.8) is 0 Å². The molecule has 15 heavy (non-hydrogen) atoms. The van der Waals surface area contributed by atoms with Crippen molar-refractivity contribution in [1.29, 1.82) is 0 Å². The SMILES string of the molecule is c1ccc([C@@H]2C[C@H]2Nc2ccn[nH]2)cc1. The Hall–Kier alpha value is -1.77. The second-order valence-electron chi connectivity index (χ2n) is 3.97. The summed E-state index contributed by atoms with van der Waals surface area (Å²) in [4.78, 5) is 0. The van der Waals surface area contributed by atoms with Crippen LogP contribution in [-0.4, -0.2) is 16.2 Å². The first-order valence-electron chi connectivity index (χ1n) is 5.24. The first-order valence-corrected chi connectivity index (χ1v) is 5.24. The van der Waals surface area contributed by atoms with Crippen LogP contribution >= 0.6 is 0 Å². The van der Waals surface area contributed by atoms with E-state index in [1.165, 1.54) is 12.0 Å². The van der Waals surface area contributed by atoms with Crippen LogP contribution in [0.5, 0.6) is 0 Å². The first kappa shape index (κ1) is 8.53. The molecule has 0 aliphatic heterocycles. The predicted molar refractivity (Wildman–Crippen MR) is 59.8 cm³/mol. The van der Waals surface area contributed by atoms with Crippen LogP contribution in [0.15, 0.2) is 42.6 Å². The van der Waals surface area contributed by atoms with E-state index in [0.29, 0.717) is 12.0 Å². The van der Waals surface area contributed by atoms with E-state index in [4.69, 9.17) is 0 Å². The molecule has 1 aromatic carbocycles. The van der Waals surface area contributed by atoms with Crippen LogP contribution < -0.4 is 5.32 Å². The summed E-state index contributed by atoms with van der Waals surface area (Å²) in [5.41, 5.74) is 1.43. The molecule has 2 atom stereocenters. The topological polar surface area (TPSA) is 40.7 Å². The van der Waals surface area contributed by atoms with Gasteiger partial charge in [-0.25, -0.2) is 0 Å². The van der Waals surface area contributed by atoms with Crippen molar-refractivity contribution in [2.75, 3.05) is 5.32 Å². The zero-order chi connectivity index (χ0) is 10.1. The number of hydrogen-bond donors (Lipinski definition) is 2. The molecule has 1 fully saturated rings. The highest BCUT2D eigenvalue weighted by molar-refractivity contribution is 5.40. The molecule has 0 radical (unpaired) electrons. The molecular weight excluding hydrogens is 186 g/mol. The summed E-state index contributed by atoms with van der Waals surface area (Å²) in [7, 11) is 0. The summed E-state index contributed by atoms with van der Waals surface area (Å²) in [5.74, 6) is 1.67. The van der Waals surface area contributed by atoms with Gasteiger partial charge in [0.25, 0.3) is 0 Å². The van der Waals surface area contributed by atoms with Crippen LogP contribution in [0.2, 0.25) is 0 Å². The monoisotopic (exact) mass is 199 g/mol. The number of H-pyrrole nitrogens is 1. The van der Waals surface area contributed by atoms with Crippen LogP contribution in [0.3, 0.4) is 0 Å². The number of nitrogens with one attached hydrogen (secondary N) is 2. The fourth-order valence-corrected chi connectivity index (χ4v) is 1.96. The van der Waals surface area contributed by atoms with Crippen LogP contribution in [0.25, 0.3) is 0 Å². The Morgan fingerprint density at radius 3 is 2.80 bits per heavy atom. The van der Waals surface area contributed by atoms with E-state index in [0.717, 1.165) is 5.82 Å². The van der Waals surface area contributed by atoms with Gasteiger partial charge < -0.3 is 5.32 Å². The predicted octanol–water partition coefficient (Wildman–Crippen LogP) is 2.38. The molecule has 76 valence electrons. The van der Waals surface area contributed by atoms with E-state index >= 15 is 0 Å². The number of rotatable bonds is 3. The molecule has 3 nitrogen and oxygen atoms in total. The lowest BCUT2D eigenvalue weighted by Gasteiger charge is -2.02. The van der Waals surface area contributed by atoms with Crippen molar-refractivity contribution < 1.29 is 0 Å². The van der Waals surface area contributed by atoms with Gasteiger partial charge in [-0.2, -0.15) is 5.10 Å². The maximum Gasteiger partial charge on any atom is 0.121 e. The molecule has 1 saturated carbocycles. The molecule has 3 heteroatoms. The third-order valence-electron chi connectivity index (χ3n) is 2.86. The minimum Gasteiger partial charge on any atom is -0.367 e. The fraction of sp³-hybridized carbons (Fsp3) is 0.250. The molecular formula is C12H13N3. The van der Waals surface area contributed by atoms with Crippen molar-refractivity contribution in [3.8, 4) is 0 Å². The molecule has 0 spiro atoms. The minimum atomic E-state index is 0.563. The average Bonchev–Trinajstić information content (AvgIpc) is 2.84. The molecule has 0 saturated heterocycles. The number of anilines is 1. The summed E-state index contributed by atoms with van der Waals surface area (Å²) in [6.45, 7) is 0. The van der Waals surface area contributed by atoms with Crippen LogP contribution in [0.1, 0.15) is 17.9 Å². The number of nitrogens with zero attached hydrogens (tertiary/aromatic N) is 1. The van der Waals surface area contributed by atoms with Crippen molar-refractivity contribution >= 4 is 5.82 Å². The van der Waals surface area contributed by atoms with Gasteiger partial charge in [-0.05, 0) is 18.1 Å². The lowest BCUT2D eigenvalue weighted by molar-refractivity contribution is 1.01. The highest BCUT2D eigenvalue weighted by atomic mass is 15.2. The number of aromatic amines is 1. The van der Waals surface area contributed by atoms with Crippen molar-refractivity contribution in [2.45, 2.75) is 18.4 Å². The maximum absolute atomic E-state index is 3.91. The van der Waals surface area contributed by atoms with Crippen LogP contribution in [-0.2, 0) is 0 Å². The molecule has 1 aliphatic rings. The summed E-state index contributed by atoms with van der Waals surface area (Å²) >= 11 is 0. The Bertz CT molecular complexity index is 421. The first-order chi connectivity index (χ1) is 7.43. The Morgan fingerprint density at radius 1 is 1.20 bits per heavy atom. The summed E-state index contributed by atoms with van der Waals surface area (Å²) in [6.07, 6.45) is 2.98. The van der Waals surface area contributed by atoms with E-state index in [9.17, 15) is 0 Å². The van der Waals surface area contributed by atoms with Crippen molar-refractivity contribution in [3.05, 3.63) is 48.2 Å². The van der Waals surface area contributed by atoms with Gasteiger partial charge in [-0.1, -0.05) is 30.3 Å². The van der Waals surface area contributed by atoms with Gasteiger partial charge in [0, 0.05) is 12.0 Å². The van der Waals surface area contributed by atoms with E-state index in [1.54, 1.807) is 6.20 Å². The van der Waals surface area contributed by atoms with Crippen LogP contribution in [0, 0.1) is 0 Å². The summed E-state index contributed by atoms with van der Waals surface area (Å²) in [5, 5.41) is 10.3. The zero-order valence-corrected chi connectivity index (χ0v) is 8.35. The summed E-state index contributed by atoms with van der Waals surface area (Å²) in [6, 6.07) is 13.2. The second kappa shape index (κ2) is 3.42. The lowest BCUT2D eigenvalue weighted by Crippen LogP contribution is -2.04. The van der Waals surface area contributed by atoms with Gasteiger partial charge in [-0.3, -0.25) is 5.10 Å². The molecule has 3 rings (SSSR count). The molecule has 0 amide bonds. The standard InChI is InChI=1S/C12H13N3/c1-2-4-9(5-3-1)10-8-11(10)14-12-6-7-13-15-12/h1-7,10-11H,8H2,(H2,13,14,15)/t10-,11+/m0/s1. The largest absolute Gasteiger partial charge is 0.367 e. The second-order valence-corrected chi connectivity index (χ2v) is 3.97. The quantitative estimate of drug-likeness (QED) is 0.796. The van der Waals surface area contributed by atoms with Crippen molar-refractivity contribution in [1.82, 2.24) is 10.2 Å². The number of aromatic nitrogens is 2. The van der Waals surface area contributed by atoms with Gasteiger partial charge in [0.2, 0.25) is 0 Å². The molecule has 0 bridgehead atoms. The fourth-order valence-electron chi connectivity index (χ4n) is 1.96. The lowest BCUT2D eigenvalue weighted by atomic mass is 10.1. The number of hydrogen-bond acceptors (Lipinski definition) is 2. The van der Waals surface area contributed by atoms with Crippen LogP contribution in [0.4, 0.5) is 5.82 Å². The normalized spacial score (nSPS) is 23.7. The highest BCUT2D eigenvalue weighted by Crippen LogP contribution is 2.42. The Kier molecular flexibility index (Phi) is 1.95. The molecule has 0 unspecified atom stereocenters. The zero-order valence-electron chi connectivity index (χ0n) is 8.35. The molecule has 2 N–H and O–H groups in total. The Morgan fingerprint density at radius 2 is 2.07 bits per heavy atom. The molecule has 1 aliphatic carbocycles. The van der Waals surface area contributed by atoms with Gasteiger partial charge in [0.15, 0.2) is 0 Å². The number of benzene rings is 1. The summed E-state index contributed by atoms with van der Waals surface area (Å²) < 4.78 is 0. The van der Waals surface area contributed by atoms with Crippen molar-refractivity contribution in [2.24, 2.45) is 0 Å².